The molecule has 0 aliphatic heterocycles. The zero-order valence-electron chi connectivity index (χ0n) is 12.9. The van der Waals surface area contributed by atoms with Crippen molar-refractivity contribution in [1.29, 1.82) is 0 Å². The highest BCUT2D eigenvalue weighted by atomic mass is 16.2. The third-order valence-electron chi connectivity index (χ3n) is 5.24. The Morgan fingerprint density at radius 1 is 1.00 bits per heavy atom. The van der Waals surface area contributed by atoms with E-state index < -0.39 is 0 Å². The van der Waals surface area contributed by atoms with Crippen LogP contribution in [0.5, 0.6) is 0 Å². The van der Waals surface area contributed by atoms with Crippen LogP contribution >= 0.6 is 0 Å². The standard InChI is InChI=1S/C17H31NO/c1-3-14(2)18(16-12-8-5-9-13-16)17(19)15-10-6-4-7-11-15/h14-16H,3-13H2,1-2H3. The molecule has 110 valence electrons. The van der Waals surface area contributed by atoms with Crippen LogP contribution < -0.4 is 0 Å². The first kappa shape index (κ1) is 14.9. The van der Waals surface area contributed by atoms with Crippen molar-refractivity contribution in [3.05, 3.63) is 0 Å². The minimum atomic E-state index is 0.338. The van der Waals surface area contributed by atoms with Crippen molar-refractivity contribution in [2.45, 2.75) is 96.6 Å². The van der Waals surface area contributed by atoms with Crippen molar-refractivity contribution in [3.63, 3.8) is 0 Å². The largest absolute Gasteiger partial charge is 0.337 e. The average molecular weight is 265 g/mol. The summed E-state index contributed by atoms with van der Waals surface area (Å²) in [5.74, 6) is 0.825. The van der Waals surface area contributed by atoms with Gasteiger partial charge in [-0.2, -0.15) is 0 Å². The second-order valence-corrected chi connectivity index (χ2v) is 6.63. The SMILES string of the molecule is CCC(C)N(C(=O)C1CCCCC1)C1CCCCC1. The predicted octanol–water partition coefficient (Wildman–Crippen LogP) is 4.53. The Hall–Kier alpha value is -0.530. The van der Waals surface area contributed by atoms with E-state index in [1.807, 2.05) is 0 Å². The Morgan fingerprint density at radius 2 is 1.53 bits per heavy atom. The zero-order valence-corrected chi connectivity index (χ0v) is 12.9. The molecule has 0 spiro atoms. The number of carbonyl (C=O) groups excluding carboxylic acids is 1. The molecule has 1 atom stereocenters. The maximum atomic E-state index is 12.9. The Balaban J connectivity index is 2.04. The fraction of sp³-hybridized carbons (Fsp3) is 0.941. The Kier molecular flexibility index (Phi) is 5.72. The molecule has 2 saturated carbocycles. The van der Waals surface area contributed by atoms with Gasteiger partial charge >= 0.3 is 0 Å². The maximum Gasteiger partial charge on any atom is 0.226 e. The number of rotatable bonds is 4. The van der Waals surface area contributed by atoms with E-state index in [9.17, 15) is 4.79 Å². The smallest absolute Gasteiger partial charge is 0.226 e. The van der Waals surface area contributed by atoms with Crippen LogP contribution in [0.4, 0.5) is 0 Å². The molecule has 0 N–H and O–H groups in total. The molecular formula is C17H31NO. The molecule has 0 aromatic rings. The summed E-state index contributed by atoms with van der Waals surface area (Å²) in [5.41, 5.74) is 0. The minimum Gasteiger partial charge on any atom is -0.337 e. The number of hydrogen-bond donors (Lipinski definition) is 0. The van der Waals surface area contributed by atoms with Gasteiger partial charge in [-0.3, -0.25) is 4.79 Å². The molecule has 0 bridgehead atoms. The maximum absolute atomic E-state index is 12.9. The Morgan fingerprint density at radius 3 is 2.05 bits per heavy atom. The van der Waals surface area contributed by atoms with Gasteiger partial charge in [0.2, 0.25) is 5.91 Å². The van der Waals surface area contributed by atoms with E-state index in [0.29, 0.717) is 23.9 Å². The molecular weight excluding hydrogens is 234 g/mol. The normalized spacial score (nSPS) is 24.1. The van der Waals surface area contributed by atoms with Gasteiger partial charge in [-0.1, -0.05) is 45.4 Å². The van der Waals surface area contributed by atoms with E-state index in [1.54, 1.807) is 0 Å². The lowest BCUT2D eigenvalue weighted by atomic mass is 9.86. The van der Waals surface area contributed by atoms with E-state index >= 15 is 0 Å². The summed E-state index contributed by atoms with van der Waals surface area (Å²) in [4.78, 5) is 15.2. The molecule has 2 fully saturated rings. The van der Waals surface area contributed by atoms with E-state index in [2.05, 4.69) is 18.7 Å². The van der Waals surface area contributed by atoms with Crippen LogP contribution in [-0.2, 0) is 4.79 Å². The molecule has 0 aromatic carbocycles. The first-order chi connectivity index (χ1) is 9.24. The van der Waals surface area contributed by atoms with E-state index in [4.69, 9.17) is 0 Å². The molecule has 0 saturated heterocycles. The van der Waals surface area contributed by atoms with Crippen molar-refractivity contribution in [3.8, 4) is 0 Å². The van der Waals surface area contributed by atoms with Crippen LogP contribution in [0.15, 0.2) is 0 Å². The van der Waals surface area contributed by atoms with Crippen molar-refractivity contribution < 1.29 is 4.79 Å². The van der Waals surface area contributed by atoms with Crippen LogP contribution in [0.2, 0.25) is 0 Å². The van der Waals surface area contributed by atoms with Crippen LogP contribution in [0, 0.1) is 5.92 Å². The number of amides is 1. The van der Waals surface area contributed by atoms with Crippen LogP contribution in [0.1, 0.15) is 84.5 Å². The first-order valence-corrected chi connectivity index (χ1v) is 8.56. The molecule has 0 heterocycles. The molecule has 2 aliphatic rings. The molecule has 19 heavy (non-hydrogen) atoms. The highest BCUT2D eigenvalue weighted by molar-refractivity contribution is 5.79. The van der Waals surface area contributed by atoms with Gasteiger partial charge in [-0.25, -0.2) is 0 Å². The van der Waals surface area contributed by atoms with Crippen molar-refractivity contribution in [2.24, 2.45) is 5.92 Å². The summed E-state index contributed by atoms with van der Waals surface area (Å²) in [5, 5.41) is 0. The van der Waals surface area contributed by atoms with Crippen molar-refractivity contribution in [1.82, 2.24) is 4.90 Å². The molecule has 0 aromatic heterocycles. The third-order valence-corrected chi connectivity index (χ3v) is 5.24. The molecule has 2 aliphatic carbocycles. The summed E-state index contributed by atoms with van der Waals surface area (Å²) in [6, 6.07) is 0.968. The average Bonchev–Trinajstić information content (AvgIpc) is 2.49. The quantitative estimate of drug-likeness (QED) is 0.731. The van der Waals surface area contributed by atoms with Crippen LogP contribution in [-0.4, -0.2) is 22.9 Å². The summed E-state index contributed by atoms with van der Waals surface area (Å²) in [6.07, 6.45) is 13.7. The Labute approximate surface area is 118 Å². The van der Waals surface area contributed by atoms with Crippen molar-refractivity contribution >= 4 is 5.91 Å². The van der Waals surface area contributed by atoms with E-state index in [-0.39, 0.29) is 0 Å². The number of hydrogen-bond acceptors (Lipinski definition) is 1. The van der Waals surface area contributed by atoms with Gasteiger partial charge in [0, 0.05) is 18.0 Å². The summed E-state index contributed by atoms with van der Waals surface area (Å²) >= 11 is 0. The highest BCUT2D eigenvalue weighted by Crippen LogP contribution is 2.31. The second kappa shape index (κ2) is 7.31. The molecule has 0 radical (unpaired) electrons. The molecule has 1 unspecified atom stereocenters. The fourth-order valence-corrected chi connectivity index (χ4v) is 3.87. The van der Waals surface area contributed by atoms with Gasteiger partial charge < -0.3 is 4.90 Å². The van der Waals surface area contributed by atoms with Gasteiger partial charge in [-0.05, 0) is 39.0 Å². The molecule has 1 amide bonds. The lowest BCUT2D eigenvalue weighted by molar-refractivity contribution is -0.142. The monoisotopic (exact) mass is 265 g/mol. The Bertz CT molecular complexity index is 277. The number of carbonyl (C=O) groups is 1. The first-order valence-electron chi connectivity index (χ1n) is 8.56. The van der Waals surface area contributed by atoms with Crippen LogP contribution in [0.25, 0.3) is 0 Å². The molecule has 2 rings (SSSR count). The van der Waals surface area contributed by atoms with E-state index in [1.165, 1.54) is 51.4 Å². The highest BCUT2D eigenvalue weighted by Gasteiger charge is 2.33. The van der Waals surface area contributed by atoms with Gasteiger partial charge in [0.15, 0.2) is 0 Å². The lowest BCUT2D eigenvalue weighted by Gasteiger charge is -2.41. The summed E-state index contributed by atoms with van der Waals surface area (Å²) < 4.78 is 0. The van der Waals surface area contributed by atoms with E-state index in [0.717, 1.165) is 19.3 Å². The van der Waals surface area contributed by atoms with Crippen molar-refractivity contribution in [2.75, 3.05) is 0 Å². The summed E-state index contributed by atoms with van der Waals surface area (Å²) in [6.45, 7) is 4.46. The van der Waals surface area contributed by atoms with Gasteiger partial charge in [0.1, 0.15) is 0 Å². The minimum absolute atomic E-state index is 0.338. The predicted molar refractivity (Wildman–Crippen MR) is 80.0 cm³/mol. The molecule has 2 nitrogen and oxygen atoms in total. The lowest BCUT2D eigenvalue weighted by Crippen LogP contribution is -2.49. The molecule has 2 heteroatoms. The summed E-state index contributed by atoms with van der Waals surface area (Å²) in [7, 11) is 0. The van der Waals surface area contributed by atoms with Gasteiger partial charge in [0.25, 0.3) is 0 Å². The zero-order chi connectivity index (χ0) is 13.7. The van der Waals surface area contributed by atoms with Gasteiger partial charge in [-0.15, -0.1) is 0 Å². The van der Waals surface area contributed by atoms with Crippen LogP contribution in [0.3, 0.4) is 0 Å². The topological polar surface area (TPSA) is 20.3 Å². The fourth-order valence-electron chi connectivity index (χ4n) is 3.87. The second-order valence-electron chi connectivity index (χ2n) is 6.63. The number of nitrogens with zero attached hydrogens (tertiary/aromatic N) is 1. The third kappa shape index (κ3) is 3.73. The van der Waals surface area contributed by atoms with Gasteiger partial charge in [0.05, 0.1) is 0 Å².